The molecule has 1 amide bonds. The lowest BCUT2D eigenvalue weighted by Crippen LogP contribution is -2.28. The highest BCUT2D eigenvalue weighted by Crippen LogP contribution is 2.22. The summed E-state index contributed by atoms with van der Waals surface area (Å²) in [7, 11) is -2.37. The number of carboxylic acid groups (broad SMARTS) is 1. The highest BCUT2D eigenvalue weighted by Gasteiger charge is 2.19. The second-order valence-electron chi connectivity index (χ2n) is 6.05. The summed E-state index contributed by atoms with van der Waals surface area (Å²) in [6.45, 7) is 1.69. The van der Waals surface area contributed by atoms with Gasteiger partial charge in [0, 0.05) is 12.6 Å². The van der Waals surface area contributed by atoms with Gasteiger partial charge in [0.15, 0.2) is 0 Å². The van der Waals surface area contributed by atoms with Gasteiger partial charge in [-0.15, -0.1) is 0 Å². The van der Waals surface area contributed by atoms with E-state index in [-0.39, 0.29) is 16.8 Å². The molecule has 0 heterocycles. The van der Waals surface area contributed by atoms with E-state index in [4.69, 9.17) is 0 Å². The summed E-state index contributed by atoms with van der Waals surface area (Å²) in [5, 5.41) is 11.9. The van der Waals surface area contributed by atoms with E-state index >= 15 is 0 Å². The molecule has 0 saturated carbocycles. The third-order valence-corrected chi connectivity index (χ3v) is 5.21. The molecule has 144 valence electrons. The van der Waals surface area contributed by atoms with Gasteiger partial charge in [-0.2, -0.15) is 0 Å². The average molecular weight is 394 g/mol. The van der Waals surface area contributed by atoms with Crippen LogP contribution in [0.15, 0.2) is 42.5 Å². The minimum atomic E-state index is -3.64. The van der Waals surface area contributed by atoms with Crippen LogP contribution < -0.4 is 9.62 Å². The summed E-state index contributed by atoms with van der Waals surface area (Å²) in [5.74, 6) is -2.28. The quantitative estimate of drug-likeness (QED) is 0.783. The molecule has 0 fully saturated rings. The van der Waals surface area contributed by atoms with Crippen LogP contribution in [-0.2, 0) is 10.0 Å². The summed E-state index contributed by atoms with van der Waals surface area (Å²) in [4.78, 5) is 23.9. The SMILES string of the molecule is C[C@@H](NC(=O)c1cc(C(=O)O)cc(N(C)S(C)(=O)=O)c1)c1ccc(F)cc1. The predicted octanol–water partition coefficient (Wildman–Crippen LogP) is 2.41. The molecule has 0 saturated heterocycles. The van der Waals surface area contributed by atoms with Gasteiger partial charge in [-0.3, -0.25) is 9.10 Å². The Kier molecular flexibility index (Phi) is 5.85. The fourth-order valence-electron chi connectivity index (χ4n) is 2.35. The number of nitrogens with one attached hydrogen (secondary N) is 1. The highest BCUT2D eigenvalue weighted by molar-refractivity contribution is 7.92. The molecule has 7 nitrogen and oxygen atoms in total. The second kappa shape index (κ2) is 7.75. The Morgan fingerprint density at radius 2 is 1.67 bits per heavy atom. The van der Waals surface area contributed by atoms with Crippen molar-refractivity contribution in [1.82, 2.24) is 5.32 Å². The fourth-order valence-corrected chi connectivity index (χ4v) is 2.84. The van der Waals surface area contributed by atoms with E-state index in [1.54, 1.807) is 6.92 Å². The number of carboxylic acids is 1. The van der Waals surface area contributed by atoms with E-state index in [0.717, 1.165) is 16.6 Å². The van der Waals surface area contributed by atoms with Gasteiger partial charge in [0.05, 0.1) is 23.5 Å². The molecular formula is C18H19FN2O5S. The standard InChI is InChI=1S/C18H19FN2O5S/c1-11(12-4-6-15(19)7-5-12)20-17(22)13-8-14(18(23)24)10-16(9-13)21(2)27(3,25)26/h4-11H,1-3H3,(H,20,22)(H,23,24)/t11-/m1/s1. The Labute approximate surface area is 156 Å². The molecular weight excluding hydrogens is 375 g/mol. The summed E-state index contributed by atoms with van der Waals surface area (Å²) in [6, 6.07) is 8.74. The molecule has 2 N–H and O–H groups in total. The molecule has 0 unspecified atom stereocenters. The normalized spacial score (nSPS) is 12.3. The molecule has 2 aromatic carbocycles. The van der Waals surface area contributed by atoms with Crippen molar-refractivity contribution in [1.29, 1.82) is 0 Å². The average Bonchev–Trinajstić information content (AvgIpc) is 2.60. The van der Waals surface area contributed by atoms with Crippen LogP contribution in [0.4, 0.5) is 10.1 Å². The molecule has 9 heteroatoms. The lowest BCUT2D eigenvalue weighted by atomic mass is 10.1. The van der Waals surface area contributed by atoms with Crippen LogP contribution in [0, 0.1) is 5.82 Å². The van der Waals surface area contributed by atoms with E-state index in [2.05, 4.69) is 5.32 Å². The van der Waals surface area contributed by atoms with Gasteiger partial charge in [-0.05, 0) is 42.8 Å². The summed E-state index contributed by atoms with van der Waals surface area (Å²) in [5.41, 5.74) is 0.488. The maximum atomic E-state index is 13.0. The first-order valence-electron chi connectivity index (χ1n) is 7.87. The number of halogens is 1. The lowest BCUT2D eigenvalue weighted by molar-refractivity contribution is 0.0697. The van der Waals surface area contributed by atoms with Gasteiger partial charge in [-0.1, -0.05) is 12.1 Å². The minimum absolute atomic E-state index is 0.00522. The highest BCUT2D eigenvalue weighted by atomic mass is 32.2. The largest absolute Gasteiger partial charge is 0.478 e. The van der Waals surface area contributed by atoms with Gasteiger partial charge in [0.2, 0.25) is 10.0 Å². The van der Waals surface area contributed by atoms with Crippen LogP contribution in [0.1, 0.15) is 39.2 Å². The molecule has 0 spiro atoms. The van der Waals surface area contributed by atoms with E-state index < -0.39 is 33.8 Å². The first-order chi connectivity index (χ1) is 12.5. The van der Waals surface area contributed by atoms with E-state index in [9.17, 15) is 27.5 Å². The number of hydrogen-bond acceptors (Lipinski definition) is 4. The Morgan fingerprint density at radius 1 is 1.11 bits per heavy atom. The van der Waals surface area contributed by atoms with Crippen LogP contribution in [0.25, 0.3) is 0 Å². The maximum absolute atomic E-state index is 13.0. The number of carbonyl (C=O) groups is 2. The topological polar surface area (TPSA) is 104 Å². The van der Waals surface area contributed by atoms with Crippen molar-refractivity contribution in [2.45, 2.75) is 13.0 Å². The van der Waals surface area contributed by atoms with Crippen molar-refractivity contribution in [2.75, 3.05) is 17.6 Å². The zero-order chi connectivity index (χ0) is 20.4. The number of benzene rings is 2. The first-order valence-corrected chi connectivity index (χ1v) is 9.72. The van der Waals surface area contributed by atoms with Crippen molar-refractivity contribution in [3.05, 3.63) is 65.0 Å². The van der Waals surface area contributed by atoms with Crippen molar-refractivity contribution >= 4 is 27.6 Å². The fraction of sp³-hybridized carbons (Fsp3) is 0.222. The summed E-state index contributed by atoms with van der Waals surface area (Å²) in [6.07, 6.45) is 0.969. The van der Waals surface area contributed by atoms with Crippen LogP contribution in [0.3, 0.4) is 0 Å². The van der Waals surface area contributed by atoms with Crippen LogP contribution >= 0.6 is 0 Å². The Hall–Kier alpha value is -2.94. The van der Waals surface area contributed by atoms with E-state index in [1.165, 1.54) is 43.4 Å². The molecule has 2 rings (SSSR count). The van der Waals surface area contributed by atoms with Gasteiger partial charge >= 0.3 is 5.97 Å². The van der Waals surface area contributed by atoms with Crippen molar-refractivity contribution in [3.63, 3.8) is 0 Å². The first kappa shape index (κ1) is 20.4. The number of carbonyl (C=O) groups excluding carboxylic acids is 1. The predicted molar refractivity (Wildman–Crippen MR) is 98.9 cm³/mol. The maximum Gasteiger partial charge on any atom is 0.335 e. The summed E-state index contributed by atoms with van der Waals surface area (Å²) >= 11 is 0. The molecule has 0 aromatic heterocycles. The monoisotopic (exact) mass is 394 g/mol. The zero-order valence-electron chi connectivity index (χ0n) is 14.9. The molecule has 2 aromatic rings. The molecule has 27 heavy (non-hydrogen) atoms. The Balaban J connectivity index is 2.35. The molecule has 1 atom stereocenters. The van der Waals surface area contributed by atoms with Crippen molar-refractivity contribution < 1.29 is 27.5 Å². The second-order valence-corrected chi connectivity index (χ2v) is 8.06. The lowest BCUT2D eigenvalue weighted by Gasteiger charge is -2.19. The molecule has 0 aliphatic carbocycles. The third kappa shape index (κ3) is 5.04. The van der Waals surface area contributed by atoms with Gasteiger partial charge < -0.3 is 10.4 Å². The number of sulfonamides is 1. The number of aromatic carboxylic acids is 1. The number of hydrogen-bond donors (Lipinski definition) is 2. The smallest absolute Gasteiger partial charge is 0.335 e. The molecule has 0 radical (unpaired) electrons. The van der Waals surface area contributed by atoms with Crippen molar-refractivity contribution in [2.24, 2.45) is 0 Å². The number of amides is 1. The Bertz CT molecular complexity index is 974. The number of anilines is 1. The molecule has 0 aliphatic heterocycles. The van der Waals surface area contributed by atoms with Crippen LogP contribution in [0.2, 0.25) is 0 Å². The van der Waals surface area contributed by atoms with E-state index in [0.29, 0.717) is 5.56 Å². The third-order valence-electron chi connectivity index (χ3n) is 4.01. The van der Waals surface area contributed by atoms with Gasteiger partial charge in [-0.25, -0.2) is 17.6 Å². The molecule has 0 bridgehead atoms. The van der Waals surface area contributed by atoms with Crippen LogP contribution in [0.5, 0.6) is 0 Å². The molecule has 0 aliphatic rings. The Morgan fingerprint density at radius 3 is 2.19 bits per heavy atom. The van der Waals surface area contributed by atoms with E-state index in [1.807, 2.05) is 0 Å². The number of rotatable bonds is 6. The van der Waals surface area contributed by atoms with Gasteiger partial charge in [0.25, 0.3) is 5.91 Å². The van der Waals surface area contributed by atoms with Crippen LogP contribution in [-0.4, -0.2) is 38.7 Å². The summed E-state index contributed by atoms with van der Waals surface area (Å²) < 4.78 is 37.4. The number of nitrogens with zero attached hydrogens (tertiary/aromatic N) is 1. The van der Waals surface area contributed by atoms with Crippen molar-refractivity contribution in [3.8, 4) is 0 Å². The van der Waals surface area contributed by atoms with Gasteiger partial charge in [0.1, 0.15) is 5.82 Å². The minimum Gasteiger partial charge on any atom is -0.478 e. The zero-order valence-corrected chi connectivity index (χ0v) is 15.7.